The third kappa shape index (κ3) is 4.85. The lowest BCUT2D eigenvalue weighted by molar-refractivity contribution is -0.145. The summed E-state index contributed by atoms with van der Waals surface area (Å²) in [5, 5.41) is 4.76. The van der Waals surface area contributed by atoms with Crippen LogP contribution in [0.4, 0.5) is 0 Å². The molecule has 0 fully saturated rings. The van der Waals surface area contributed by atoms with Crippen LogP contribution in [-0.4, -0.2) is 42.2 Å². The van der Waals surface area contributed by atoms with E-state index in [1.54, 1.807) is 44.2 Å². The quantitative estimate of drug-likeness (QED) is 0.386. The number of carbonyl (C=O) groups excluding carboxylic acids is 1. The van der Waals surface area contributed by atoms with Gasteiger partial charge < -0.3 is 14.2 Å². The number of rotatable bonds is 7. The first-order valence-electron chi connectivity index (χ1n) is 9.12. The average molecular weight is 474 g/mol. The van der Waals surface area contributed by atoms with E-state index in [2.05, 4.69) is 26.0 Å². The lowest BCUT2D eigenvalue weighted by Gasteiger charge is -2.11. The van der Waals surface area contributed by atoms with E-state index in [9.17, 15) is 9.59 Å². The Balaban J connectivity index is 1.87. The standard InChI is InChI=1S/C21H20BrN3O5/c1-4-29-20(26)12-30-18-8-5-14(9-19(18)28-3)11-23-25-13(2)24-17-7-6-15(22)10-16(17)21(25)27/h5-11H,4,12H2,1-3H3. The largest absolute Gasteiger partial charge is 0.493 e. The molecule has 0 unspecified atom stereocenters. The maximum atomic E-state index is 12.8. The summed E-state index contributed by atoms with van der Waals surface area (Å²) in [5.74, 6) is 0.823. The Morgan fingerprint density at radius 1 is 1.23 bits per heavy atom. The number of nitrogens with zero attached hydrogens (tertiary/aromatic N) is 3. The van der Waals surface area contributed by atoms with Crippen LogP contribution in [0.15, 0.2) is 50.8 Å². The van der Waals surface area contributed by atoms with Crippen LogP contribution < -0.4 is 15.0 Å². The van der Waals surface area contributed by atoms with Gasteiger partial charge >= 0.3 is 5.97 Å². The monoisotopic (exact) mass is 473 g/mol. The van der Waals surface area contributed by atoms with Gasteiger partial charge in [0.15, 0.2) is 18.1 Å². The first kappa shape index (κ1) is 21.5. The third-order valence-electron chi connectivity index (χ3n) is 4.13. The lowest BCUT2D eigenvalue weighted by atomic mass is 10.2. The second-order valence-corrected chi connectivity index (χ2v) is 7.10. The Morgan fingerprint density at radius 2 is 2.03 bits per heavy atom. The van der Waals surface area contributed by atoms with E-state index in [1.807, 2.05) is 6.07 Å². The summed E-state index contributed by atoms with van der Waals surface area (Å²) in [5.41, 5.74) is 1.02. The molecule has 9 heteroatoms. The van der Waals surface area contributed by atoms with E-state index in [-0.39, 0.29) is 18.8 Å². The minimum Gasteiger partial charge on any atom is -0.493 e. The summed E-state index contributed by atoms with van der Waals surface area (Å²) in [6, 6.07) is 10.4. The summed E-state index contributed by atoms with van der Waals surface area (Å²) in [4.78, 5) is 28.7. The van der Waals surface area contributed by atoms with Crippen molar-refractivity contribution in [2.45, 2.75) is 13.8 Å². The molecule has 0 aliphatic carbocycles. The minimum atomic E-state index is -0.463. The smallest absolute Gasteiger partial charge is 0.344 e. The van der Waals surface area contributed by atoms with Crippen LogP contribution in [0, 0.1) is 6.92 Å². The summed E-state index contributed by atoms with van der Waals surface area (Å²) in [7, 11) is 1.49. The number of aromatic nitrogens is 2. The van der Waals surface area contributed by atoms with Crippen LogP contribution in [0.3, 0.4) is 0 Å². The molecule has 0 spiro atoms. The van der Waals surface area contributed by atoms with Crippen molar-refractivity contribution < 1.29 is 19.0 Å². The van der Waals surface area contributed by atoms with Gasteiger partial charge in [-0.1, -0.05) is 15.9 Å². The molecule has 1 aromatic heterocycles. The van der Waals surface area contributed by atoms with E-state index < -0.39 is 5.97 Å². The molecular formula is C21H20BrN3O5. The lowest BCUT2D eigenvalue weighted by Crippen LogP contribution is -2.20. The second-order valence-electron chi connectivity index (χ2n) is 6.19. The molecule has 8 nitrogen and oxygen atoms in total. The van der Waals surface area contributed by atoms with Gasteiger partial charge in [-0.3, -0.25) is 4.79 Å². The van der Waals surface area contributed by atoms with Gasteiger partial charge in [-0.05, 0) is 55.8 Å². The Labute approximate surface area is 181 Å². The number of methoxy groups -OCH3 is 1. The number of halogens is 1. The highest BCUT2D eigenvalue weighted by Crippen LogP contribution is 2.27. The number of esters is 1. The van der Waals surface area contributed by atoms with Gasteiger partial charge in [-0.2, -0.15) is 9.78 Å². The van der Waals surface area contributed by atoms with Crippen molar-refractivity contribution in [1.82, 2.24) is 9.66 Å². The molecule has 0 atom stereocenters. The van der Waals surface area contributed by atoms with Gasteiger partial charge in [0, 0.05) is 4.47 Å². The van der Waals surface area contributed by atoms with Crippen molar-refractivity contribution in [1.29, 1.82) is 0 Å². The number of hydrogen-bond donors (Lipinski definition) is 0. The molecule has 0 N–H and O–H groups in total. The zero-order chi connectivity index (χ0) is 21.7. The van der Waals surface area contributed by atoms with Crippen molar-refractivity contribution in [3.63, 3.8) is 0 Å². The molecule has 3 rings (SSSR count). The molecule has 0 aliphatic heterocycles. The van der Waals surface area contributed by atoms with Gasteiger partial charge in [-0.15, -0.1) is 0 Å². The molecule has 0 saturated heterocycles. The predicted molar refractivity (Wildman–Crippen MR) is 117 cm³/mol. The number of benzene rings is 2. The van der Waals surface area contributed by atoms with Gasteiger partial charge in [-0.25, -0.2) is 9.78 Å². The van der Waals surface area contributed by atoms with Crippen LogP contribution >= 0.6 is 15.9 Å². The number of aryl methyl sites for hydroxylation is 1. The summed E-state index contributed by atoms with van der Waals surface area (Å²) in [6.45, 7) is 3.51. The predicted octanol–water partition coefficient (Wildman–Crippen LogP) is 3.30. The molecule has 2 aromatic carbocycles. The highest BCUT2D eigenvalue weighted by molar-refractivity contribution is 9.10. The van der Waals surface area contributed by atoms with Crippen LogP contribution in [0.2, 0.25) is 0 Å². The second kappa shape index (κ2) is 9.53. The number of ether oxygens (including phenoxy) is 3. The number of carbonyl (C=O) groups is 1. The Hall–Kier alpha value is -3.20. The van der Waals surface area contributed by atoms with E-state index in [1.165, 1.54) is 18.0 Å². The van der Waals surface area contributed by atoms with E-state index in [0.29, 0.717) is 33.8 Å². The maximum Gasteiger partial charge on any atom is 0.344 e. The molecule has 0 amide bonds. The molecule has 0 bridgehead atoms. The van der Waals surface area contributed by atoms with Crippen LogP contribution in [-0.2, 0) is 9.53 Å². The fourth-order valence-corrected chi connectivity index (χ4v) is 3.10. The van der Waals surface area contributed by atoms with E-state index in [0.717, 1.165) is 4.47 Å². The Bertz CT molecular complexity index is 1170. The van der Waals surface area contributed by atoms with Crippen LogP contribution in [0.1, 0.15) is 18.3 Å². The minimum absolute atomic E-state index is 0.218. The summed E-state index contributed by atoms with van der Waals surface area (Å²) >= 11 is 3.37. The molecule has 0 saturated carbocycles. The Morgan fingerprint density at radius 3 is 2.77 bits per heavy atom. The van der Waals surface area contributed by atoms with E-state index in [4.69, 9.17) is 14.2 Å². The highest BCUT2D eigenvalue weighted by Gasteiger charge is 2.10. The first-order valence-corrected chi connectivity index (χ1v) is 9.92. The summed E-state index contributed by atoms with van der Waals surface area (Å²) in [6.07, 6.45) is 1.53. The zero-order valence-electron chi connectivity index (χ0n) is 16.7. The Kier molecular flexibility index (Phi) is 6.83. The molecule has 1 heterocycles. The SMILES string of the molecule is CCOC(=O)COc1ccc(C=Nn2c(C)nc3ccc(Br)cc3c2=O)cc1OC. The van der Waals surface area contributed by atoms with Gasteiger partial charge in [0.05, 0.1) is 30.8 Å². The zero-order valence-corrected chi connectivity index (χ0v) is 18.3. The number of fused-ring (bicyclic) bond motifs is 1. The van der Waals surface area contributed by atoms with Crippen molar-refractivity contribution >= 4 is 39.0 Å². The maximum absolute atomic E-state index is 12.8. The van der Waals surface area contributed by atoms with Crippen molar-refractivity contribution in [3.05, 3.63) is 62.6 Å². The molecule has 0 radical (unpaired) electrons. The molecule has 30 heavy (non-hydrogen) atoms. The van der Waals surface area contributed by atoms with Crippen molar-refractivity contribution in [2.24, 2.45) is 5.10 Å². The highest BCUT2D eigenvalue weighted by atomic mass is 79.9. The molecule has 156 valence electrons. The van der Waals surface area contributed by atoms with Crippen LogP contribution in [0.5, 0.6) is 11.5 Å². The van der Waals surface area contributed by atoms with Gasteiger partial charge in [0.2, 0.25) is 0 Å². The first-order chi connectivity index (χ1) is 14.4. The molecule has 3 aromatic rings. The van der Waals surface area contributed by atoms with E-state index >= 15 is 0 Å². The number of hydrogen-bond acceptors (Lipinski definition) is 7. The van der Waals surface area contributed by atoms with Crippen molar-refractivity contribution in [3.8, 4) is 11.5 Å². The fourth-order valence-electron chi connectivity index (χ4n) is 2.74. The van der Waals surface area contributed by atoms with Gasteiger partial charge in [0.1, 0.15) is 5.82 Å². The molecular weight excluding hydrogens is 454 g/mol. The van der Waals surface area contributed by atoms with Crippen LogP contribution in [0.25, 0.3) is 10.9 Å². The normalized spacial score (nSPS) is 11.1. The average Bonchev–Trinajstić information content (AvgIpc) is 2.73. The molecule has 0 aliphatic rings. The fraction of sp³-hybridized carbons (Fsp3) is 0.238. The van der Waals surface area contributed by atoms with Gasteiger partial charge in [0.25, 0.3) is 5.56 Å². The van der Waals surface area contributed by atoms with Crippen molar-refractivity contribution in [2.75, 3.05) is 20.3 Å². The third-order valence-corrected chi connectivity index (χ3v) is 4.62. The topological polar surface area (TPSA) is 92.0 Å². The summed E-state index contributed by atoms with van der Waals surface area (Å²) < 4.78 is 17.6.